The van der Waals surface area contributed by atoms with Gasteiger partial charge in [0, 0.05) is 34.7 Å². The first kappa shape index (κ1) is 24.2. The van der Waals surface area contributed by atoms with Crippen LogP contribution in [0.4, 0.5) is 5.00 Å². The molecule has 2 rings (SSSR count). The SMILES string of the molecule is C=CC(CC=O)=N/C(=C\C)CC(=O)Nc1scc(C2=CCC=C(CCl)C=C2)c1C(=O)O. The van der Waals surface area contributed by atoms with Gasteiger partial charge < -0.3 is 15.2 Å². The van der Waals surface area contributed by atoms with Gasteiger partial charge in [0.05, 0.1) is 6.42 Å². The Hall–Kier alpha value is -3.03. The molecular weight excluding hydrogens is 436 g/mol. The molecule has 2 N–H and O–H groups in total. The number of rotatable bonds is 10. The Morgan fingerprint density at radius 3 is 2.74 bits per heavy atom. The summed E-state index contributed by atoms with van der Waals surface area (Å²) in [5.74, 6) is -1.15. The summed E-state index contributed by atoms with van der Waals surface area (Å²) in [5, 5.41) is 14.4. The topological polar surface area (TPSA) is 95.8 Å². The van der Waals surface area contributed by atoms with Crippen LogP contribution in [0.2, 0.25) is 0 Å². The van der Waals surface area contributed by atoms with Crippen molar-refractivity contribution < 1.29 is 19.5 Å². The predicted molar refractivity (Wildman–Crippen MR) is 127 cm³/mol. The maximum atomic E-state index is 12.6. The number of anilines is 1. The van der Waals surface area contributed by atoms with Gasteiger partial charge in [-0.25, -0.2) is 4.79 Å². The summed E-state index contributed by atoms with van der Waals surface area (Å²) < 4.78 is 0. The second-order valence-corrected chi connectivity index (χ2v) is 7.63. The molecule has 1 aliphatic carbocycles. The van der Waals surface area contributed by atoms with Gasteiger partial charge in [-0.2, -0.15) is 0 Å². The molecule has 1 aromatic rings. The van der Waals surface area contributed by atoms with Gasteiger partial charge in [-0.1, -0.05) is 37.0 Å². The molecule has 1 aromatic heterocycles. The summed E-state index contributed by atoms with van der Waals surface area (Å²) in [6, 6.07) is 0. The highest BCUT2D eigenvalue weighted by Gasteiger charge is 2.22. The number of carbonyl (C=O) groups is 3. The van der Waals surface area contributed by atoms with Crippen LogP contribution >= 0.6 is 22.9 Å². The van der Waals surface area contributed by atoms with Gasteiger partial charge in [-0.05, 0) is 30.6 Å². The first-order chi connectivity index (χ1) is 14.9. The number of thiophene rings is 1. The van der Waals surface area contributed by atoms with E-state index in [1.807, 2.05) is 24.3 Å². The van der Waals surface area contributed by atoms with Crippen molar-refractivity contribution in [2.45, 2.75) is 26.2 Å². The molecule has 162 valence electrons. The number of nitrogens with zero attached hydrogens (tertiary/aromatic N) is 1. The van der Waals surface area contributed by atoms with Gasteiger partial charge in [0.15, 0.2) is 0 Å². The zero-order valence-corrected chi connectivity index (χ0v) is 18.6. The molecule has 0 spiro atoms. The first-order valence-corrected chi connectivity index (χ1v) is 10.9. The third-order valence-electron chi connectivity index (χ3n) is 4.41. The van der Waals surface area contributed by atoms with Crippen LogP contribution in [0.1, 0.15) is 42.1 Å². The summed E-state index contributed by atoms with van der Waals surface area (Å²) in [5.41, 5.74) is 3.21. The van der Waals surface area contributed by atoms with Crippen LogP contribution in [-0.4, -0.2) is 34.9 Å². The van der Waals surface area contributed by atoms with E-state index in [-0.39, 0.29) is 23.4 Å². The Bertz CT molecular complexity index is 1030. The number of hydrogen-bond donors (Lipinski definition) is 2. The Labute approximate surface area is 190 Å². The molecule has 0 radical (unpaired) electrons. The molecule has 1 aliphatic rings. The number of nitrogens with one attached hydrogen (secondary N) is 1. The second kappa shape index (κ2) is 12.0. The molecule has 6 nitrogen and oxygen atoms in total. The second-order valence-electron chi connectivity index (χ2n) is 6.48. The van der Waals surface area contributed by atoms with E-state index in [0.29, 0.717) is 35.6 Å². The minimum absolute atomic E-state index is 0.0434. The molecule has 0 unspecified atom stereocenters. The molecule has 0 aliphatic heterocycles. The maximum Gasteiger partial charge on any atom is 0.339 e. The number of carboxylic acids is 1. The van der Waals surface area contributed by atoms with Crippen molar-refractivity contribution in [3.63, 3.8) is 0 Å². The Morgan fingerprint density at radius 2 is 2.13 bits per heavy atom. The smallest absolute Gasteiger partial charge is 0.339 e. The lowest BCUT2D eigenvalue weighted by Crippen LogP contribution is -2.14. The third kappa shape index (κ3) is 6.73. The van der Waals surface area contributed by atoms with Gasteiger partial charge in [0.2, 0.25) is 5.91 Å². The normalized spacial score (nSPS) is 14.4. The number of aldehydes is 1. The number of carbonyl (C=O) groups excluding carboxylic acids is 2. The van der Waals surface area contributed by atoms with E-state index in [1.165, 1.54) is 6.08 Å². The van der Waals surface area contributed by atoms with Gasteiger partial charge in [-0.15, -0.1) is 22.9 Å². The zero-order chi connectivity index (χ0) is 22.8. The van der Waals surface area contributed by atoms with E-state index in [0.717, 1.165) is 22.5 Å². The molecule has 0 aromatic carbocycles. The quantitative estimate of drug-likeness (QED) is 0.278. The summed E-state index contributed by atoms with van der Waals surface area (Å²) in [4.78, 5) is 39.5. The summed E-state index contributed by atoms with van der Waals surface area (Å²) in [6.45, 7) is 5.34. The molecule has 0 bridgehead atoms. The lowest BCUT2D eigenvalue weighted by Gasteiger charge is -2.07. The van der Waals surface area contributed by atoms with Crippen molar-refractivity contribution in [2.75, 3.05) is 11.2 Å². The molecule has 0 fully saturated rings. The van der Waals surface area contributed by atoms with Crippen molar-refractivity contribution >= 4 is 57.4 Å². The fraction of sp³-hybridized carbons (Fsp3) is 0.217. The van der Waals surface area contributed by atoms with Crippen molar-refractivity contribution in [1.82, 2.24) is 0 Å². The predicted octanol–water partition coefficient (Wildman–Crippen LogP) is 5.40. The molecule has 31 heavy (non-hydrogen) atoms. The number of carboxylic acid groups (broad SMARTS) is 1. The average molecular weight is 459 g/mol. The van der Waals surface area contributed by atoms with Gasteiger partial charge >= 0.3 is 5.97 Å². The van der Waals surface area contributed by atoms with Crippen LogP contribution in [-0.2, 0) is 9.59 Å². The van der Waals surface area contributed by atoms with Crippen LogP contribution in [0, 0.1) is 0 Å². The fourth-order valence-corrected chi connectivity index (χ4v) is 4.01. The summed E-state index contributed by atoms with van der Waals surface area (Å²) in [6.07, 6.45) is 12.1. The molecule has 0 saturated heterocycles. The van der Waals surface area contributed by atoms with E-state index in [2.05, 4.69) is 16.9 Å². The molecule has 0 saturated carbocycles. The largest absolute Gasteiger partial charge is 0.478 e. The van der Waals surface area contributed by atoms with Crippen LogP contribution in [0.15, 0.2) is 64.7 Å². The standard InChI is InChI=1S/C23H23ClN2O4S/c1-3-17(10-11-27)25-18(4-2)12-20(28)26-22-21(23(29)30)19(14-31-22)16-7-5-6-15(13-24)8-9-16/h3-4,6-9,11,14H,1,5,10,12-13H2,2H3,(H,26,28)(H,29,30)/b18-4-,25-17?. The number of hydrogen-bond acceptors (Lipinski definition) is 5. The number of aliphatic imine (C=N–C) groups is 1. The zero-order valence-electron chi connectivity index (χ0n) is 17.1. The fourth-order valence-electron chi connectivity index (χ4n) is 2.83. The maximum absolute atomic E-state index is 12.6. The first-order valence-electron chi connectivity index (χ1n) is 9.50. The number of allylic oxidation sites excluding steroid dienone is 8. The Morgan fingerprint density at radius 1 is 1.35 bits per heavy atom. The van der Waals surface area contributed by atoms with Crippen LogP contribution in [0.25, 0.3) is 5.57 Å². The number of amides is 1. The minimum Gasteiger partial charge on any atom is -0.478 e. The van der Waals surface area contributed by atoms with Crippen molar-refractivity contribution in [2.24, 2.45) is 4.99 Å². The van der Waals surface area contributed by atoms with E-state index < -0.39 is 11.9 Å². The highest BCUT2D eigenvalue weighted by atomic mass is 35.5. The van der Waals surface area contributed by atoms with Crippen LogP contribution < -0.4 is 5.32 Å². The molecule has 0 atom stereocenters. The Balaban J connectivity index is 2.23. The lowest BCUT2D eigenvalue weighted by molar-refractivity contribution is -0.115. The number of halogens is 1. The lowest BCUT2D eigenvalue weighted by atomic mass is 10.0. The molecule has 1 amide bonds. The molecular formula is C23H23ClN2O4S. The number of aromatic carboxylic acids is 1. The summed E-state index contributed by atoms with van der Waals surface area (Å²) >= 11 is 7.04. The monoisotopic (exact) mass is 458 g/mol. The summed E-state index contributed by atoms with van der Waals surface area (Å²) in [7, 11) is 0. The molecule has 8 heteroatoms. The van der Waals surface area contributed by atoms with Crippen molar-refractivity contribution in [3.05, 3.63) is 70.8 Å². The number of alkyl halides is 1. The average Bonchev–Trinajstić information content (AvgIpc) is 3.01. The van der Waals surface area contributed by atoms with Crippen molar-refractivity contribution in [3.8, 4) is 0 Å². The minimum atomic E-state index is -1.13. The van der Waals surface area contributed by atoms with Crippen LogP contribution in [0.3, 0.4) is 0 Å². The van der Waals surface area contributed by atoms with E-state index in [9.17, 15) is 19.5 Å². The Kier molecular flexibility index (Phi) is 9.37. The van der Waals surface area contributed by atoms with E-state index in [1.54, 1.807) is 18.4 Å². The van der Waals surface area contributed by atoms with Crippen LogP contribution in [0.5, 0.6) is 0 Å². The molecule has 1 heterocycles. The van der Waals surface area contributed by atoms with Gasteiger partial charge in [0.1, 0.15) is 16.9 Å². The van der Waals surface area contributed by atoms with Gasteiger partial charge in [-0.3, -0.25) is 9.79 Å². The van der Waals surface area contributed by atoms with E-state index in [4.69, 9.17) is 11.6 Å². The highest BCUT2D eigenvalue weighted by Crippen LogP contribution is 2.35. The third-order valence-corrected chi connectivity index (χ3v) is 5.61. The van der Waals surface area contributed by atoms with Crippen molar-refractivity contribution in [1.29, 1.82) is 0 Å². The highest BCUT2D eigenvalue weighted by molar-refractivity contribution is 7.15. The van der Waals surface area contributed by atoms with Gasteiger partial charge in [0.25, 0.3) is 0 Å². The van der Waals surface area contributed by atoms with E-state index >= 15 is 0 Å².